The third-order valence-electron chi connectivity index (χ3n) is 3.71. The number of nitrogens with zero attached hydrogens (tertiary/aromatic N) is 2. The molecule has 0 N–H and O–H groups in total. The molecule has 0 saturated carbocycles. The van der Waals surface area contributed by atoms with Gasteiger partial charge in [0.25, 0.3) is 0 Å². The van der Waals surface area contributed by atoms with Crippen molar-refractivity contribution in [3.63, 3.8) is 0 Å². The van der Waals surface area contributed by atoms with Crippen LogP contribution in [0.2, 0.25) is 0 Å². The quantitative estimate of drug-likeness (QED) is 0.818. The van der Waals surface area contributed by atoms with Crippen molar-refractivity contribution in [1.29, 1.82) is 0 Å². The zero-order valence-corrected chi connectivity index (χ0v) is 13.8. The van der Waals surface area contributed by atoms with Gasteiger partial charge < -0.3 is 9.80 Å². The molecule has 2 aromatic rings. The first-order valence-corrected chi connectivity index (χ1v) is 7.50. The smallest absolute Gasteiger partial charge is 0.141 e. The molecule has 3 nitrogen and oxygen atoms in total. The van der Waals surface area contributed by atoms with Gasteiger partial charge in [-0.05, 0) is 35.4 Å². The second-order valence-electron chi connectivity index (χ2n) is 6.01. The molecule has 0 unspecified atom stereocenters. The molecule has 0 amide bonds. The van der Waals surface area contributed by atoms with Gasteiger partial charge >= 0.3 is 0 Å². The Morgan fingerprint density at radius 3 is 1.27 bits per heavy atom. The minimum Gasteiger partial charge on any atom is -0.378 e. The van der Waals surface area contributed by atoms with Crippen molar-refractivity contribution in [3.05, 3.63) is 59.7 Å². The summed E-state index contributed by atoms with van der Waals surface area (Å²) in [5.74, 6) is 0.246. The van der Waals surface area contributed by atoms with Gasteiger partial charge in [-0.15, -0.1) is 0 Å². The van der Waals surface area contributed by atoms with E-state index in [-0.39, 0.29) is 5.78 Å². The van der Waals surface area contributed by atoms with Crippen LogP contribution < -0.4 is 9.80 Å². The second-order valence-corrected chi connectivity index (χ2v) is 6.01. The molecule has 0 saturated heterocycles. The summed E-state index contributed by atoms with van der Waals surface area (Å²) in [6, 6.07) is 16.3. The van der Waals surface area contributed by atoms with E-state index in [0.717, 1.165) is 22.5 Å². The van der Waals surface area contributed by atoms with Crippen LogP contribution in [-0.4, -0.2) is 34.0 Å². The van der Waals surface area contributed by atoms with Gasteiger partial charge in [-0.2, -0.15) is 0 Å². The number of Topliss-reactive ketones (excluding diaryl/α,β-unsaturated/α-hetero) is 1. The summed E-state index contributed by atoms with van der Waals surface area (Å²) in [7, 11) is 8.05. The van der Waals surface area contributed by atoms with E-state index in [4.69, 9.17) is 0 Å². The Kier molecular flexibility index (Phi) is 5.21. The average molecular weight is 296 g/mol. The summed E-state index contributed by atoms with van der Waals surface area (Å²) in [6.07, 6.45) is 0.978. The van der Waals surface area contributed by atoms with Crippen LogP contribution in [-0.2, 0) is 17.6 Å². The van der Waals surface area contributed by atoms with Gasteiger partial charge in [0.2, 0.25) is 0 Å². The summed E-state index contributed by atoms with van der Waals surface area (Å²) in [6.45, 7) is 0. The minimum atomic E-state index is 0.246. The van der Waals surface area contributed by atoms with E-state index in [1.807, 2.05) is 52.5 Å². The lowest BCUT2D eigenvalue weighted by molar-refractivity contribution is -0.117. The Labute approximate surface area is 133 Å². The van der Waals surface area contributed by atoms with Gasteiger partial charge in [0.15, 0.2) is 0 Å². The van der Waals surface area contributed by atoms with Crippen molar-refractivity contribution in [2.24, 2.45) is 0 Å². The first kappa shape index (κ1) is 16.1. The summed E-state index contributed by atoms with van der Waals surface area (Å²) < 4.78 is 0. The molecule has 0 aromatic heterocycles. The van der Waals surface area contributed by atoms with E-state index in [0.29, 0.717) is 12.8 Å². The van der Waals surface area contributed by atoms with Crippen molar-refractivity contribution in [3.8, 4) is 0 Å². The fourth-order valence-electron chi connectivity index (χ4n) is 2.34. The molecule has 0 atom stereocenters. The number of carbonyl (C=O) groups is 1. The molecule has 0 aliphatic heterocycles. The van der Waals surface area contributed by atoms with E-state index in [1.54, 1.807) is 0 Å². The number of benzene rings is 2. The molecule has 2 rings (SSSR count). The molecule has 22 heavy (non-hydrogen) atoms. The van der Waals surface area contributed by atoms with Gasteiger partial charge in [-0.3, -0.25) is 4.79 Å². The maximum Gasteiger partial charge on any atom is 0.141 e. The molecule has 0 aliphatic rings. The Morgan fingerprint density at radius 1 is 0.682 bits per heavy atom. The average Bonchev–Trinajstić information content (AvgIpc) is 2.48. The standard InChI is InChI=1S/C19H24N2O/c1-20(2)17-9-5-15(6-10-17)13-19(22)14-16-7-11-18(12-8-16)21(3)4/h5-12H,13-14H2,1-4H3. The lowest BCUT2D eigenvalue weighted by Crippen LogP contribution is -2.10. The van der Waals surface area contributed by atoms with Crippen LogP contribution in [0.1, 0.15) is 11.1 Å². The van der Waals surface area contributed by atoms with E-state index in [1.165, 1.54) is 0 Å². The zero-order chi connectivity index (χ0) is 16.1. The summed E-state index contributed by atoms with van der Waals surface area (Å²) in [4.78, 5) is 16.3. The van der Waals surface area contributed by atoms with E-state index < -0.39 is 0 Å². The molecule has 0 radical (unpaired) electrons. The molecule has 0 fully saturated rings. The number of rotatable bonds is 6. The van der Waals surface area contributed by atoms with Crippen molar-refractivity contribution in [2.75, 3.05) is 38.0 Å². The number of hydrogen-bond donors (Lipinski definition) is 0. The molecule has 0 aliphatic carbocycles. The van der Waals surface area contributed by atoms with E-state index in [9.17, 15) is 4.79 Å². The molecular formula is C19H24N2O. The fraction of sp³-hybridized carbons (Fsp3) is 0.316. The van der Waals surface area contributed by atoms with Crippen LogP contribution in [0.25, 0.3) is 0 Å². The number of ketones is 1. The van der Waals surface area contributed by atoms with Crippen LogP contribution in [0.3, 0.4) is 0 Å². The highest BCUT2D eigenvalue weighted by molar-refractivity contribution is 5.83. The van der Waals surface area contributed by atoms with Gasteiger partial charge in [0.05, 0.1) is 0 Å². The molecule has 3 heteroatoms. The summed E-state index contributed by atoms with van der Waals surface area (Å²) >= 11 is 0. The van der Waals surface area contributed by atoms with Crippen LogP contribution >= 0.6 is 0 Å². The highest BCUT2D eigenvalue weighted by Gasteiger charge is 2.06. The van der Waals surface area contributed by atoms with Crippen LogP contribution in [0, 0.1) is 0 Å². The van der Waals surface area contributed by atoms with Crippen molar-refractivity contribution < 1.29 is 4.79 Å². The largest absolute Gasteiger partial charge is 0.378 e. The van der Waals surface area contributed by atoms with E-state index in [2.05, 4.69) is 34.1 Å². The Morgan fingerprint density at radius 2 is 1.00 bits per heavy atom. The molecule has 0 spiro atoms. The number of carbonyl (C=O) groups excluding carboxylic acids is 1. The summed E-state index contributed by atoms with van der Waals surface area (Å²) in [5, 5.41) is 0. The second kappa shape index (κ2) is 7.12. The van der Waals surface area contributed by atoms with Gasteiger partial charge in [0.1, 0.15) is 5.78 Å². The lowest BCUT2D eigenvalue weighted by Gasteiger charge is -2.13. The third-order valence-corrected chi connectivity index (χ3v) is 3.71. The summed E-state index contributed by atoms with van der Waals surface area (Å²) in [5.41, 5.74) is 4.44. The maximum atomic E-state index is 12.2. The number of anilines is 2. The molecule has 2 aromatic carbocycles. The Hall–Kier alpha value is -2.29. The Balaban J connectivity index is 1.94. The SMILES string of the molecule is CN(C)c1ccc(CC(=O)Cc2ccc(N(C)C)cc2)cc1. The van der Waals surface area contributed by atoms with Crippen LogP contribution in [0.4, 0.5) is 11.4 Å². The first-order valence-electron chi connectivity index (χ1n) is 7.50. The zero-order valence-electron chi connectivity index (χ0n) is 13.8. The fourth-order valence-corrected chi connectivity index (χ4v) is 2.34. The monoisotopic (exact) mass is 296 g/mol. The lowest BCUT2D eigenvalue weighted by atomic mass is 10.0. The van der Waals surface area contributed by atoms with Gasteiger partial charge in [0, 0.05) is 52.4 Å². The van der Waals surface area contributed by atoms with Crippen LogP contribution in [0.15, 0.2) is 48.5 Å². The minimum absolute atomic E-state index is 0.246. The van der Waals surface area contributed by atoms with Crippen LogP contribution in [0.5, 0.6) is 0 Å². The highest BCUT2D eigenvalue weighted by Crippen LogP contribution is 2.15. The topological polar surface area (TPSA) is 23.6 Å². The predicted molar refractivity (Wildman–Crippen MR) is 94.0 cm³/mol. The third kappa shape index (κ3) is 4.35. The first-order chi connectivity index (χ1) is 10.5. The molecule has 116 valence electrons. The van der Waals surface area contributed by atoms with Gasteiger partial charge in [-0.25, -0.2) is 0 Å². The highest BCUT2D eigenvalue weighted by atomic mass is 16.1. The Bertz CT molecular complexity index is 557. The van der Waals surface area contributed by atoms with E-state index >= 15 is 0 Å². The normalized spacial score (nSPS) is 10.4. The number of hydrogen-bond acceptors (Lipinski definition) is 3. The van der Waals surface area contributed by atoms with Crippen molar-refractivity contribution >= 4 is 17.2 Å². The molecular weight excluding hydrogens is 272 g/mol. The maximum absolute atomic E-state index is 12.2. The van der Waals surface area contributed by atoms with Gasteiger partial charge in [-0.1, -0.05) is 24.3 Å². The van der Waals surface area contributed by atoms with Crippen molar-refractivity contribution in [2.45, 2.75) is 12.8 Å². The molecule has 0 bridgehead atoms. The molecule has 0 heterocycles. The predicted octanol–water partition coefficient (Wildman–Crippen LogP) is 3.17. The van der Waals surface area contributed by atoms with Crippen molar-refractivity contribution in [1.82, 2.24) is 0 Å².